The molecule has 0 saturated carbocycles. The van der Waals surface area contributed by atoms with Gasteiger partial charge in [0.2, 0.25) is 0 Å². The number of rotatable bonds is 9. The van der Waals surface area contributed by atoms with E-state index in [0.717, 1.165) is 13.1 Å². The fraction of sp³-hybridized carbons (Fsp3) is 0.273. The standard InChI is InChI=1S/C22H18ClF4N3O7/c1-29-17(22(25,26)27)10-18(31)30(21(29)34)13-9-16(11(23)8-12(13)24)36-14-4-3-6-28-19(14)37-15(20(32)33)5-7-35-2/h3-4,6,8-10,15H,5,7H2,1-2H3,(H,32,33). The molecule has 3 aromatic rings. The Bertz CT molecular complexity index is 1440. The van der Waals surface area contributed by atoms with Crippen LogP contribution in [0.2, 0.25) is 5.02 Å². The van der Waals surface area contributed by atoms with Crippen molar-refractivity contribution < 1.29 is 41.7 Å². The molecule has 15 heteroatoms. The van der Waals surface area contributed by atoms with Gasteiger partial charge in [-0.3, -0.25) is 9.36 Å². The van der Waals surface area contributed by atoms with Crippen LogP contribution in [0.15, 0.2) is 46.1 Å². The van der Waals surface area contributed by atoms with Crippen LogP contribution in [0.25, 0.3) is 5.69 Å². The summed E-state index contributed by atoms with van der Waals surface area (Å²) in [7, 11) is 2.14. The topological polar surface area (TPSA) is 122 Å². The molecule has 3 rings (SSSR count). The minimum Gasteiger partial charge on any atom is -0.479 e. The van der Waals surface area contributed by atoms with E-state index in [4.69, 9.17) is 25.8 Å². The van der Waals surface area contributed by atoms with E-state index in [1.807, 2.05) is 0 Å². The summed E-state index contributed by atoms with van der Waals surface area (Å²) in [5, 5.41) is 9.03. The highest BCUT2D eigenvalue weighted by atomic mass is 35.5. The molecule has 1 aromatic carbocycles. The summed E-state index contributed by atoms with van der Waals surface area (Å²) in [6.07, 6.45) is -5.14. The maximum absolute atomic E-state index is 14.8. The number of pyridine rings is 1. The Morgan fingerprint density at radius 3 is 2.54 bits per heavy atom. The first kappa shape index (κ1) is 27.7. The molecule has 1 atom stereocenters. The second-order valence-corrected chi connectivity index (χ2v) is 7.82. The van der Waals surface area contributed by atoms with E-state index in [0.29, 0.717) is 6.07 Å². The number of carboxylic acids is 1. The molecule has 0 saturated heterocycles. The van der Waals surface area contributed by atoms with Crippen molar-refractivity contribution in [3.05, 3.63) is 73.9 Å². The molecular formula is C22H18ClF4N3O7. The van der Waals surface area contributed by atoms with Crippen molar-refractivity contribution in [1.29, 1.82) is 0 Å². The third kappa shape index (κ3) is 6.09. The van der Waals surface area contributed by atoms with E-state index in [9.17, 15) is 37.1 Å². The first-order valence-corrected chi connectivity index (χ1v) is 10.6. The van der Waals surface area contributed by atoms with Gasteiger partial charge in [-0.2, -0.15) is 13.2 Å². The van der Waals surface area contributed by atoms with E-state index in [2.05, 4.69) is 4.98 Å². The van der Waals surface area contributed by atoms with E-state index in [1.54, 1.807) is 0 Å². The van der Waals surface area contributed by atoms with Gasteiger partial charge in [0.05, 0.1) is 17.3 Å². The van der Waals surface area contributed by atoms with Gasteiger partial charge in [0.25, 0.3) is 11.4 Å². The van der Waals surface area contributed by atoms with Crippen LogP contribution < -0.4 is 20.7 Å². The first-order chi connectivity index (χ1) is 17.3. The van der Waals surface area contributed by atoms with E-state index in [-0.39, 0.29) is 50.6 Å². The number of carboxylic acid groups (broad SMARTS) is 1. The molecule has 0 bridgehead atoms. The fourth-order valence-electron chi connectivity index (χ4n) is 3.14. The Labute approximate surface area is 210 Å². The van der Waals surface area contributed by atoms with Gasteiger partial charge < -0.3 is 19.3 Å². The predicted octanol–water partition coefficient (Wildman–Crippen LogP) is 3.40. The maximum atomic E-state index is 14.8. The molecule has 0 spiro atoms. The maximum Gasteiger partial charge on any atom is 0.431 e. The normalized spacial score (nSPS) is 12.3. The molecule has 10 nitrogen and oxygen atoms in total. The zero-order valence-corrected chi connectivity index (χ0v) is 19.8. The van der Waals surface area contributed by atoms with Crippen molar-refractivity contribution in [2.24, 2.45) is 7.05 Å². The van der Waals surface area contributed by atoms with Crippen LogP contribution in [-0.2, 0) is 22.8 Å². The minimum atomic E-state index is -5.01. The van der Waals surface area contributed by atoms with Crippen LogP contribution in [0.1, 0.15) is 12.1 Å². The molecule has 198 valence electrons. The molecule has 0 amide bonds. The van der Waals surface area contributed by atoms with Gasteiger partial charge >= 0.3 is 17.8 Å². The van der Waals surface area contributed by atoms with Crippen LogP contribution in [0.4, 0.5) is 17.6 Å². The second kappa shape index (κ2) is 11.0. The largest absolute Gasteiger partial charge is 0.479 e. The van der Waals surface area contributed by atoms with Gasteiger partial charge in [-0.25, -0.2) is 23.5 Å². The number of hydrogen-bond acceptors (Lipinski definition) is 7. The van der Waals surface area contributed by atoms with E-state index in [1.165, 1.54) is 25.4 Å². The molecule has 0 aliphatic carbocycles. The molecule has 0 radical (unpaired) electrons. The summed E-state index contributed by atoms with van der Waals surface area (Å²) in [4.78, 5) is 40.4. The number of halogens is 5. The number of benzene rings is 1. The van der Waals surface area contributed by atoms with E-state index >= 15 is 0 Å². The highest BCUT2D eigenvalue weighted by molar-refractivity contribution is 6.32. The van der Waals surface area contributed by atoms with Crippen LogP contribution in [0.3, 0.4) is 0 Å². The van der Waals surface area contributed by atoms with Crippen molar-refractivity contribution in [2.45, 2.75) is 18.7 Å². The molecule has 0 aliphatic heterocycles. The highest BCUT2D eigenvalue weighted by Gasteiger charge is 2.35. The summed E-state index contributed by atoms with van der Waals surface area (Å²) < 4.78 is 70.4. The van der Waals surface area contributed by atoms with Crippen molar-refractivity contribution in [3.8, 4) is 23.1 Å². The van der Waals surface area contributed by atoms with Gasteiger partial charge in [-0.15, -0.1) is 0 Å². The number of alkyl halides is 3. The number of carbonyl (C=O) groups is 1. The molecule has 0 aliphatic rings. The van der Waals surface area contributed by atoms with Crippen molar-refractivity contribution in [3.63, 3.8) is 0 Å². The molecule has 1 N–H and O–H groups in total. The molecule has 2 aromatic heterocycles. The monoisotopic (exact) mass is 547 g/mol. The first-order valence-electron chi connectivity index (χ1n) is 10.3. The zero-order valence-electron chi connectivity index (χ0n) is 19.1. The Balaban J connectivity index is 2.07. The fourth-order valence-corrected chi connectivity index (χ4v) is 3.33. The number of aromatic nitrogens is 3. The van der Waals surface area contributed by atoms with E-state index < -0.39 is 46.7 Å². The number of aliphatic carboxylic acids is 1. The summed E-state index contributed by atoms with van der Waals surface area (Å²) in [5.41, 5.74) is -5.19. The molecule has 1 unspecified atom stereocenters. The highest BCUT2D eigenvalue weighted by Crippen LogP contribution is 2.36. The van der Waals surface area contributed by atoms with Gasteiger partial charge in [0.15, 0.2) is 11.9 Å². The lowest BCUT2D eigenvalue weighted by atomic mass is 10.2. The Morgan fingerprint density at radius 1 is 1.22 bits per heavy atom. The summed E-state index contributed by atoms with van der Waals surface area (Å²) in [5.74, 6) is -3.31. The van der Waals surface area contributed by atoms with Gasteiger partial charge in [0.1, 0.15) is 17.3 Å². The lowest BCUT2D eigenvalue weighted by Gasteiger charge is -2.18. The lowest BCUT2D eigenvalue weighted by Crippen LogP contribution is -2.41. The van der Waals surface area contributed by atoms with Crippen molar-refractivity contribution in [1.82, 2.24) is 14.1 Å². The quantitative estimate of drug-likeness (QED) is 0.405. The number of methoxy groups -OCH3 is 1. The molecule has 2 heterocycles. The van der Waals surface area contributed by atoms with Crippen LogP contribution >= 0.6 is 11.6 Å². The summed E-state index contributed by atoms with van der Waals surface area (Å²) in [6.45, 7) is 0.0595. The minimum absolute atomic E-state index is 0.0383. The zero-order chi connectivity index (χ0) is 27.5. The summed E-state index contributed by atoms with van der Waals surface area (Å²) >= 11 is 6.06. The van der Waals surface area contributed by atoms with Gasteiger partial charge in [-0.05, 0) is 18.2 Å². The van der Waals surface area contributed by atoms with Crippen LogP contribution in [-0.4, -0.2) is 45.0 Å². The Morgan fingerprint density at radius 2 is 1.92 bits per heavy atom. The van der Waals surface area contributed by atoms with Crippen LogP contribution in [0, 0.1) is 5.82 Å². The number of nitrogens with zero attached hydrogens (tertiary/aromatic N) is 3. The van der Waals surface area contributed by atoms with Crippen molar-refractivity contribution in [2.75, 3.05) is 13.7 Å². The Kier molecular flexibility index (Phi) is 8.23. The predicted molar refractivity (Wildman–Crippen MR) is 120 cm³/mol. The molecular weight excluding hydrogens is 530 g/mol. The smallest absolute Gasteiger partial charge is 0.431 e. The molecule has 37 heavy (non-hydrogen) atoms. The summed E-state index contributed by atoms with van der Waals surface area (Å²) in [6, 6.07) is 4.38. The third-order valence-corrected chi connectivity index (χ3v) is 5.22. The second-order valence-electron chi connectivity index (χ2n) is 7.41. The molecule has 0 fully saturated rings. The SMILES string of the molecule is COCCC(Oc1ncccc1Oc1cc(-n2c(=O)cc(C(F)(F)F)n(C)c2=O)c(F)cc1Cl)C(=O)O. The lowest BCUT2D eigenvalue weighted by molar-refractivity contribution is -0.146. The third-order valence-electron chi connectivity index (χ3n) is 4.92. The van der Waals surface area contributed by atoms with Crippen molar-refractivity contribution >= 4 is 17.6 Å². The average Bonchev–Trinajstić information content (AvgIpc) is 2.81. The number of hydrogen-bond donors (Lipinski definition) is 1. The number of ether oxygens (including phenoxy) is 3. The average molecular weight is 548 g/mol. The van der Waals surface area contributed by atoms with Gasteiger partial charge in [-0.1, -0.05) is 11.6 Å². The van der Waals surface area contributed by atoms with Gasteiger partial charge in [0, 0.05) is 38.9 Å². The Hall–Kier alpha value is -3.91. The van der Waals surface area contributed by atoms with Crippen LogP contribution in [0.5, 0.6) is 17.4 Å².